The van der Waals surface area contributed by atoms with Crippen molar-refractivity contribution in [2.24, 2.45) is 0 Å². The molecule has 0 aliphatic rings. The molecule has 0 heterocycles. The first-order chi connectivity index (χ1) is 3.35. The molecule has 0 bridgehead atoms. The highest BCUT2D eigenvalue weighted by molar-refractivity contribution is 4.43. The van der Waals surface area contributed by atoms with Gasteiger partial charge in [0.05, 0.1) is 0 Å². The lowest BCUT2D eigenvalue weighted by atomic mass is 10.5. The molecular formula is C6H27NO6. The first-order valence-corrected chi connectivity index (χ1v) is 3.07. The van der Waals surface area contributed by atoms with Crippen molar-refractivity contribution in [1.82, 2.24) is 4.90 Å². The molecule has 0 spiro atoms. The van der Waals surface area contributed by atoms with E-state index in [0.29, 0.717) is 0 Å². The van der Waals surface area contributed by atoms with Crippen LogP contribution in [0.15, 0.2) is 0 Å². The van der Waals surface area contributed by atoms with E-state index >= 15 is 0 Å². The Balaban J connectivity index is -0.0000000120. The summed E-state index contributed by atoms with van der Waals surface area (Å²) < 4.78 is 0. The summed E-state index contributed by atoms with van der Waals surface area (Å²) in [6.45, 7) is 10.1. The van der Waals surface area contributed by atoms with Crippen LogP contribution >= 0.6 is 0 Å². The summed E-state index contributed by atoms with van der Waals surface area (Å²) in [5.41, 5.74) is 0. The quantitative estimate of drug-likeness (QED) is 0.455. The van der Waals surface area contributed by atoms with E-state index in [1.807, 2.05) is 0 Å². The van der Waals surface area contributed by atoms with Crippen LogP contribution in [0.2, 0.25) is 0 Å². The van der Waals surface area contributed by atoms with Gasteiger partial charge in [-0.25, -0.2) is 0 Å². The van der Waals surface area contributed by atoms with Gasteiger partial charge in [-0.1, -0.05) is 20.8 Å². The lowest BCUT2D eigenvalue weighted by Gasteiger charge is -2.13. The molecule has 0 amide bonds. The smallest absolute Gasteiger partial charge is 0.00474 e. The zero-order chi connectivity index (χ0) is 5.70. The van der Waals surface area contributed by atoms with Gasteiger partial charge >= 0.3 is 0 Å². The predicted molar refractivity (Wildman–Crippen MR) is 55.1 cm³/mol. The Morgan fingerprint density at radius 3 is 0.692 bits per heavy atom. The average molecular weight is 209 g/mol. The van der Waals surface area contributed by atoms with Crippen LogP contribution in [0.4, 0.5) is 0 Å². The summed E-state index contributed by atoms with van der Waals surface area (Å²) in [6, 6.07) is 0. The van der Waals surface area contributed by atoms with Crippen LogP contribution < -0.4 is 0 Å². The van der Waals surface area contributed by atoms with Crippen molar-refractivity contribution in [3.63, 3.8) is 0 Å². The van der Waals surface area contributed by atoms with E-state index in [9.17, 15) is 0 Å². The normalized spacial score (nSPS) is 5.54. The Kier molecular flexibility index (Phi) is 169. The molecule has 7 heteroatoms. The predicted octanol–water partition coefficient (Wildman–Crippen LogP) is -3.60. The Labute approximate surface area is 79.2 Å². The standard InChI is InChI=1S/C6H15N.6H2O/c1-4-7(5-2)6-3;;;;;;/h4-6H2,1-3H3;6*1H2. The van der Waals surface area contributed by atoms with E-state index in [-0.39, 0.29) is 32.9 Å². The molecule has 0 atom stereocenters. The molecule has 0 aromatic heterocycles. The third kappa shape index (κ3) is 33.8. The van der Waals surface area contributed by atoms with Crippen LogP contribution in [0.5, 0.6) is 0 Å². The van der Waals surface area contributed by atoms with Crippen LogP contribution in [-0.2, 0) is 0 Å². The van der Waals surface area contributed by atoms with E-state index in [1.165, 1.54) is 19.6 Å². The van der Waals surface area contributed by atoms with Gasteiger partial charge in [-0.15, -0.1) is 0 Å². The highest BCUT2D eigenvalue weighted by Crippen LogP contribution is 1.81. The van der Waals surface area contributed by atoms with Gasteiger partial charge in [-0.3, -0.25) is 0 Å². The van der Waals surface area contributed by atoms with Crippen molar-refractivity contribution in [2.75, 3.05) is 19.6 Å². The van der Waals surface area contributed by atoms with Crippen molar-refractivity contribution < 1.29 is 32.9 Å². The summed E-state index contributed by atoms with van der Waals surface area (Å²) in [6.07, 6.45) is 0. The van der Waals surface area contributed by atoms with Crippen LogP contribution in [0, 0.1) is 0 Å². The van der Waals surface area contributed by atoms with Crippen molar-refractivity contribution in [2.45, 2.75) is 20.8 Å². The first kappa shape index (κ1) is 53.4. The van der Waals surface area contributed by atoms with Gasteiger partial charge in [-0.05, 0) is 19.6 Å². The van der Waals surface area contributed by atoms with Crippen LogP contribution in [0.3, 0.4) is 0 Å². The highest BCUT2D eigenvalue weighted by atomic mass is 16.0. The maximum Gasteiger partial charge on any atom is -0.00474 e. The highest BCUT2D eigenvalue weighted by Gasteiger charge is 1.89. The zero-order valence-electron chi connectivity index (χ0n) is 8.57. The van der Waals surface area contributed by atoms with Crippen molar-refractivity contribution >= 4 is 0 Å². The Morgan fingerprint density at radius 1 is 0.538 bits per heavy atom. The second-order valence-electron chi connectivity index (χ2n) is 1.62. The van der Waals surface area contributed by atoms with Crippen LogP contribution in [0.1, 0.15) is 20.8 Å². The molecule has 0 saturated carbocycles. The minimum atomic E-state index is 0. The summed E-state index contributed by atoms with van der Waals surface area (Å²) in [7, 11) is 0. The van der Waals surface area contributed by atoms with Crippen molar-refractivity contribution in [3.05, 3.63) is 0 Å². The van der Waals surface area contributed by atoms with Crippen molar-refractivity contribution in [3.8, 4) is 0 Å². The van der Waals surface area contributed by atoms with Gasteiger partial charge in [-0.2, -0.15) is 0 Å². The maximum absolute atomic E-state index is 2.38. The SMILES string of the molecule is CCN(CC)CC.O.O.O.O.O.O. The summed E-state index contributed by atoms with van der Waals surface area (Å²) in [4.78, 5) is 2.38. The molecule has 7 nitrogen and oxygen atoms in total. The van der Waals surface area contributed by atoms with Gasteiger partial charge in [0.25, 0.3) is 0 Å². The molecule has 0 aliphatic heterocycles. The summed E-state index contributed by atoms with van der Waals surface area (Å²) in [5, 5.41) is 0. The Hall–Kier alpha value is -0.280. The molecule has 12 N–H and O–H groups in total. The van der Waals surface area contributed by atoms with Crippen LogP contribution in [-0.4, -0.2) is 57.4 Å². The molecular weight excluding hydrogens is 182 g/mol. The third-order valence-corrected chi connectivity index (χ3v) is 1.34. The van der Waals surface area contributed by atoms with E-state index in [2.05, 4.69) is 25.7 Å². The number of rotatable bonds is 3. The van der Waals surface area contributed by atoms with E-state index < -0.39 is 0 Å². The largest absolute Gasteiger partial charge is 0.412 e. The van der Waals surface area contributed by atoms with Gasteiger partial charge < -0.3 is 37.8 Å². The molecule has 13 heavy (non-hydrogen) atoms. The molecule has 0 fully saturated rings. The lowest BCUT2D eigenvalue weighted by Crippen LogP contribution is -2.21. The summed E-state index contributed by atoms with van der Waals surface area (Å²) in [5.74, 6) is 0. The van der Waals surface area contributed by atoms with Gasteiger partial charge in [0, 0.05) is 0 Å². The van der Waals surface area contributed by atoms with Crippen molar-refractivity contribution in [1.29, 1.82) is 0 Å². The number of nitrogens with zero attached hydrogens (tertiary/aromatic N) is 1. The summed E-state index contributed by atoms with van der Waals surface area (Å²) >= 11 is 0. The van der Waals surface area contributed by atoms with E-state index in [4.69, 9.17) is 0 Å². The number of hydrogen-bond donors (Lipinski definition) is 0. The Bertz CT molecular complexity index is 38.6. The fraction of sp³-hybridized carbons (Fsp3) is 1.00. The molecule has 0 rings (SSSR count). The van der Waals surface area contributed by atoms with E-state index in [1.54, 1.807) is 0 Å². The molecule has 0 radical (unpaired) electrons. The third-order valence-electron chi connectivity index (χ3n) is 1.34. The molecule has 0 saturated heterocycles. The minimum Gasteiger partial charge on any atom is -0.412 e. The maximum atomic E-state index is 2.38. The molecule has 0 aliphatic carbocycles. The molecule has 0 aromatic carbocycles. The zero-order valence-corrected chi connectivity index (χ0v) is 8.57. The topological polar surface area (TPSA) is 192 Å². The number of hydrogen-bond acceptors (Lipinski definition) is 1. The molecule has 0 aromatic rings. The average Bonchev–Trinajstić information content (AvgIpc) is 1.72. The monoisotopic (exact) mass is 209 g/mol. The van der Waals surface area contributed by atoms with Gasteiger partial charge in [0.1, 0.15) is 0 Å². The molecule has 92 valence electrons. The molecule has 0 unspecified atom stereocenters. The van der Waals surface area contributed by atoms with Crippen LogP contribution in [0.25, 0.3) is 0 Å². The first-order valence-electron chi connectivity index (χ1n) is 3.07. The van der Waals surface area contributed by atoms with Gasteiger partial charge in [0.2, 0.25) is 0 Å². The minimum absolute atomic E-state index is 0. The fourth-order valence-electron chi connectivity index (χ4n) is 0.671. The Morgan fingerprint density at radius 2 is 0.692 bits per heavy atom. The van der Waals surface area contributed by atoms with E-state index in [0.717, 1.165) is 0 Å². The fourth-order valence-corrected chi connectivity index (χ4v) is 0.671. The van der Waals surface area contributed by atoms with Gasteiger partial charge in [0.15, 0.2) is 0 Å². The lowest BCUT2D eigenvalue weighted by molar-refractivity contribution is 0.321. The second kappa shape index (κ2) is 41.2. The second-order valence-corrected chi connectivity index (χ2v) is 1.62.